The molecule has 0 radical (unpaired) electrons. The molecule has 0 aromatic carbocycles. The molecular weight excluding hydrogens is 491 g/mol. The van der Waals surface area contributed by atoms with E-state index in [1.54, 1.807) is 10.8 Å². The van der Waals surface area contributed by atoms with Crippen molar-refractivity contribution in [1.82, 2.24) is 14.5 Å². The predicted molar refractivity (Wildman–Crippen MR) is 103 cm³/mol. The summed E-state index contributed by atoms with van der Waals surface area (Å²) in [7, 11) is -16.3. The molecule has 0 spiro atoms. The Morgan fingerprint density at radius 2 is 1.87 bits per heavy atom. The van der Waals surface area contributed by atoms with Crippen LogP contribution in [0.15, 0.2) is 12.5 Å². The van der Waals surface area contributed by atoms with Crippen molar-refractivity contribution in [2.75, 3.05) is 23.8 Å². The van der Waals surface area contributed by atoms with Gasteiger partial charge >= 0.3 is 23.5 Å². The highest BCUT2D eigenvalue weighted by Gasteiger charge is 2.41. The number of fused-ring (bicyclic) bond motifs is 1. The number of nitrogens with two attached hydrogens (primary N) is 2. The zero-order chi connectivity index (χ0) is 22.3. The molecule has 168 valence electrons. The normalized spacial score (nSPS) is 24.0. The van der Waals surface area contributed by atoms with Gasteiger partial charge in [0, 0.05) is 11.9 Å². The average molecular weight is 507 g/mol. The lowest BCUT2D eigenvalue weighted by molar-refractivity contribution is -0.00188. The first-order valence-electron chi connectivity index (χ1n) is 7.68. The summed E-state index contributed by atoms with van der Waals surface area (Å²) >= 11 is 1.18. The first-order valence-corrected chi connectivity index (χ1v) is 13.3. The van der Waals surface area contributed by atoms with Crippen LogP contribution in [-0.2, 0) is 31.6 Å². The SMILES string of the molecule is Nc1cn([C@H]2CS[C@@H](COP(=O)(O)OP(=O)(O)OP(=O)(O)O)O2)c2ncnc(N)c12. The number of phosphoric ester groups is 1. The molecule has 2 aromatic rings. The van der Waals surface area contributed by atoms with Gasteiger partial charge in [-0.2, -0.15) is 8.62 Å². The molecule has 16 nitrogen and oxygen atoms in total. The quantitative estimate of drug-likeness (QED) is 0.266. The first-order chi connectivity index (χ1) is 13.8. The molecule has 2 aromatic heterocycles. The molecule has 8 N–H and O–H groups in total. The van der Waals surface area contributed by atoms with Gasteiger partial charge in [0.25, 0.3) is 0 Å². The van der Waals surface area contributed by atoms with Crippen molar-refractivity contribution in [1.29, 1.82) is 0 Å². The molecular formula is C10H16N5O11P3S. The van der Waals surface area contributed by atoms with Gasteiger partial charge in [-0.3, -0.25) is 4.52 Å². The molecule has 1 fully saturated rings. The highest BCUT2D eigenvalue weighted by Crippen LogP contribution is 2.66. The highest BCUT2D eigenvalue weighted by molar-refractivity contribution is 8.00. The second-order valence-electron chi connectivity index (χ2n) is 5.69. The Morgan fingerprint density at radius 3 is 2.53 bits per heavy atom. The van der Waals surface area contributed by atoms with Crippen LogP contribution in [0.5, 0.6) is 0 Å². The van der Waals surface area contributed by atoms with Crippen molar-refractivity contribution in [3.8, 4) is 0 Å². The first kappa shape index (κ1) is 23.6. The second-order valence-corrected chi connectivity index (χ2v) is 11.3. The van der Waals surface area contributed by atoms with Gasteiger partial charge in [0.1, 0.15) is 29.5 Å². The van der Waals surface area contributed by atoms with Crippen LogP contribution >= 0.6 is 35.2 Å². The van der Waals surface area contributed by atoms with Gasteiger partial charge in [0.15, 0.2) is 0 Å². The summed E-state index contributed by atoms with van der Waals surface area (Å²) in [5, 5.41) is 0.447. The van der Waals surface area contributed by atoms with E-state index in [9.17, 15) is 18.6 Å². The largest absolute Gasteiger partial charge is 0.490 e. The van der Waals surface area contributed by atoms with E-state index in [2.05, 4.69) is 23.1 Å². The lowest BCUT2D eigenvalue weighted by Crippen LogP contribution is -2.15. The summed E-state index contributed by atoms with van der Waals surface area (Å²) in [6.45, 7) is -0.573. The molecule has 4 atom stereocenters. The Balaban J connectivity index is 1.62. The number of nitrogens with zero attached hydrogens (tertiary/aromatic N) is 3. The molecule has 0 amide bonds. The second kappa shape index (κ2) is 8.47. The molecule has 3 heterocycles. The Morgan fingerprint density at radius 1 is 1.17 bits per heavy atom. The Labute approximate surface area is 172 Å². The number of anilines is 2. The molecule has 3 rings (SSSR count). The number of aromatic nitrogens is 3. The van der Waals surface area contributed by atoms with Gasteiger partial charge < -0.3 is 40.3 Å². The van der Waals surface area contributed by atoms with Crippen molar-refractivity contribution >= 4 is 57.8 Å². The number of thioether (sulfide) groups is 1. The van der Waals surface area contributed by atoms with Crippen LogP contribution in [0.25, 0.3) is 11.0 Å². The van der Waals surface area contributed by atoms with Crippen molar-refractivity contribution in [3.63, 3.8) is 0 Å². The zero-order valence-corrected chi connectivity index (χ0v) is 18.1. The third kappa shape index (κ3) is 5.79. The van der Waals surface area contributed by atoms with E-state index in [-0.39, 0.29) is 5.82 Å². The number of nitrogen functional groups attached to an aromatic ring is 2. The van der Waals surface area contributed by atoms with Gasteiger partial charge in [-0.15, -0.1) is 11.8 Å². The van der Waals surface area contributed by atoms with Gasteiger partial charge in [-0.1, -0.05) is 0 Å². The van der Waals surface area contributed by atoms with Crippen LogP contribution in [0, 0.1) is 0 Å². The van der Waals surface area contributed by atoms with E-state index in [1.165, 1.54) is 18.1 Å². The van der Waals surface area contributed by atoms with E-state index < -0.39 is 41.7 Å². The van der Waals surface area contributed by atoms with Gasteiger partial charge in [-0.25, -0.2) is 23.7 Å². The molecule has 0 bridgehead atoms. The van der Waals surface area contributed by atoms with E-state index in [4.69, 9.17) is 30.9 Å². The summed E-state index contributed by atoms with van der Waals surface area (Å²) in [5.74, 6) is 0.545. The van der Waals surface area contributed by atoms with Gasteiger partial charge in [-0.05, 0) is 0 Å². The summed E-state index contributed by atoms with van der Waals surface area (Å²) in [4.78, 5) is 43.6. The molecule has 0 aliphatic carbocycles. The molecule has 1 saturated heterocycles. The standard InChI is InChI=1S/C10H16N5O11P3S/c11-5-1-15(10-8(5)9(12)13-4-14-10)6-3-30-7(24-6)2-23-28(19,20)26-29(21,22)25-27(16,17)18/h1,4,6-7H,2-3,11H2,(H,19,20)(H,21,22)(H2,12,13,14)(H2,16,17,18)/t6-,7+/m1/s1. The van der Waals surface area contributed by atoms with Crippen molar-refractivity contribution in [2.45, 2.75) is 11.7 Å². The van der Waals surface area contributed by atoms with Crippen LogP contribution in [0.3, 0.4) is 0 Å². The van der Waals surface area contributed by atoms with Crippen molar-refractivity contribution < 1.29 is 51.2 Å². The van der Waals surface area contributed by atoms with Crippen molar-refractivity contribution in [3.05, 3.63) is 12.5 Å². The number of hydrogen-bond donors (Lipinski definition) is 6. The number of hydrogen-bond acceptors (Lipinski definition) is 12. The zero-order valence-electron chi connectivity index (χ0n) is 14.6. The minimum atomic E-state index is -5.58. The third-order valence-electron chi connectivity index (χ3n) is 3.50. The van der Waals surface area contributed by atoms with Crippen molar-refractivity contribution in [2.24, 2.45) is 0 Å². The summed E-state index contributed by atoms with van der Waals surface area (Å²) < 4.78 is 52.8. The van der Waals surface area contributed by atoms with Crippen LogP contribution in [0.1, 0.15) is 6.23 Å². The fourth-order valence-electron chi connectivity index (χ4n) is 2.49. The fourth-order valence-corrected chi connectivity index (χ4v) is 6.60. The number of phosphoric acid groups is 3. The maximum atomic E-state index is 11.8. The minimum absolute atomic E-state index is 0.186. The van der Waals surface area contributed by atoms with Crippen LogP contribution in [0.2, 0.25) is 0 Å². The smallest absolute Gasteiger partial charge is 0.397 e. The summed E-state index contributed by atoms with van der Waals surface area (Å²) in [5.41, 5.74) is 11.7. The maximum absolute atomic E-state index is 11.8. The van der Waals surface area contributed by atoms with E-state index >= 15 is 0 Å². The summed E-state index contributed by atoms with van der Waals surface area (Å²) in [6, 6.07) is 0. The molecule has 30 heavy (non-hydrogen) atoms. The third-order valence-corrected chi connectivity index (χ3v) is 8.40. The molecule has 0 saturated carbocycles. The van der Waals surface area contributed by atoms with Crippen LogP contribution in [-0.4, -0.2) is 51.9 Å². The van der Waals surface area contributed by atoms with Gasteiger partial charge in [0.05, 0.1) is 17.7 Å². The number of ether oxygens (including phenoxy) is 1. The Bertz CT molecular complexity index is 1090. The lowest BCUT2D eigenvalue weighted by atomic mass is 10.3. The molecule has 2 unspecified atom stereocenters. The van der Waals surface area contributed by atoms with Gasteiger partial charge in [0.2, 0.25) is 0 Å². The molecule has 20 heteroatoms. The molecule has 1 aliphatic heterocycles. The number of rotatable bonds is 8. The Hall–Kier alpha value is -1.06. The predicted octanol–water partition coefficient (Wildman–Crippen LogP) is 0.527. The monoisotopic (exact) mass is 507 g/mol. The topological polar surface area (TPSA) is 252 Å². The van der Waals surface area contributed by atoms with Crippen LogP contribution < -0.4 is 11.5 Å². The summed E-state index contributed by atoms with van der Waals surface area (Å²) in [6.07, 6.45) is 2.20. The maximum Gasteiger partial charge on any atom is 0.490 e. The average Bonchev–Trinajstić information content (AvgIpc) is 3.15. The Kier molecular flexibility index (Phi) is 6.66. The minimum Gasteiger partial charge on any atom is -0.397 e. The van der Waals surface area contributed by atoms with E-state index in [0.29, 0.717) is 22.5 Å². The fraction of sp³-hybridized carbons (Fsp3) is 0.400. The highest BCUT2D eigenvalue weighted by atomic mass is 32.2. The van der Waals surface area contributed by atoms with Crippen LogP contribution in [0.4, 0.5) is 11.5 Å². The molecule has 1 aliphatic rings. The van der Waals surface area contributed by atoms with E-state index in [1.807, 2.05) is 0 Å². The van der Waals surface area contributed by atoms with E-state index in [0.717, 1.165) is 0 Å². The lowest BCUT2D eigenvalue weighted by Gasteiger charge is -2.18.